The van der Waals surface area contributed by atoms with Gasteiger partial charge in [-0.05, 0) is 62.8 Å². The van der Waals surface area contributed by atoms with Gasteiger partial charge in [0.2, 0.25) is 0 Å². The molecule has 1 aromatic rings. The molecule has 16 heavy (non-hydrogen) atoms. The molecule has 0 amide bonds. The van der Waals surface area contributed by atoms with Crippen molar-refractivity contribution in [3.8, 4) is 0 Å². The van der Waals surface area contributed by atoms with Crippen molar-refractivity contribution in [2.24, 2.45) is 5.92 Å². The molecule has 1 N–H and O–H groups in total. The summed E-state index contributed by atoms with van der Waals surface area (Å²) < 4.78 is 0. The van der Waals surface area contributed by atoms with Crippen LogP contribution >= 0.6 is 11.3 Å². The third-order valence-electron chi connectivity index (χ3n) is 3.77. The molecule has 1 aromatic heterocycles. The quantitative estimate of drug-likeness (QED) is 0.876. The van der Waals surface area contributed by atoms with Crippen LogP contribution in [0.4, 0.5) is 0 Å². The molecule has 1 aliphatic heterocycles. The monoisotopic (exact) mass is 239 g/mol. The van der Waals surface area contributed by atoms with E-state index < -0.39 is 0 Å². The Morgan fingerprint density at radius 1 is 1.50 bits per heavy atom. The summed E-state index contributed by atoms with van der Waals surface area (Å²) in [6.07, 6.45) is 2.44. The summed E-state index contributed by atoms with van der Waals surface area (Å²) in [5, 5.41) is 11.8. The molecule has 1 unspecified atom stereocenters. The van der Waals surface area contributed by atoms with Gasteiger partial charge in [0.15, 0.2) is 0 Å². The summed E-state index contributed by atoms with van der Waals surface area (Å²) in [6.45, 7) is 4.80. The van der Waals surface area contributed by atoms with Crippen molar-refractivity contribution in [2.75, 3.05) is 26.7 Å². The van der Waals surface area contributed by atoms with Crippen molar-refractivity contribution < 1.29 is 5.11 Å². The first-order valence-corrected chi connectivity index (χ1v) is 6.93. The number of hydrogen-bond acceptors (Lipinski definition) is 3. The van der Waals surface area contributed by atoms with E-state index >= 15 is 0 Å². The van der Waals surface area contributed by atoms with Gasteiger partial charge >= 0.3 is 0 Å². The van der Waals surface area contributed by atoms with Crippen LogP contribution in [0.5, 0.6) is 0 Å². The number of thiophene rings is 1. The minimum Gasteiger partial charge on any atom is -0.396 e. The van der Waals surface area contributed by atoms with Crippen LogP contribution in [-0.2, 0) is 0 Å². The lowest BCUT2D eigenvalue weighted by Crippen LogP contribution is -2.33. The van der Waals surface area contributed by atoms with Crippen LogP contribution in [0.15, 0.2) is 11.4 Å². The summed E-state index contributed by atoms with van der Waals surface area (Å²) in [5.41, 5.74) is 1.35. The van der Waals surface area contributed by atoms with E-state index in [-0.39, 0.29) is 0 Å². The fraction of sp³-hybridized carbons (Fsp3) is 0.692. The molecule has 3 heteroatoms. The Kier molecular flexibility index (Phi) is 4.00. The first kappa shape index (κ1) is 12.1. The highest BCUT2D eigenvalue weighted by molar-refractivity contribution is 7.10. The van der Waals surface area contributed by atoms with E-state index in [1.165, 1.54) is 36.4 Å². The smallest absolute Gasteiger partial charge is 0.0510 e. The predicted octanol–water partition coefficient (Wildman–Crippen LogP) is 2.47. The lowest BCUT2D eigenvalue weighted by Gasteiger charge is -2.33. The fourth-order valence-electron chi connectivity index (χ4n) is 2.64. The molecule has 1 atom stereocenters. The Labute approximate surface area is 102 Å². The summed E-state index contributed by atoms with van der Waals surface area (Å²) in [7, 11) is 2.18. The van der Waals surface area contributed by atoms with Crippen molar-refractivity contribution in [1.29, 1.82) is 0 Å². The van der Waals surface area contributed by atoms with E-state index in [0.717, 1.165) is 0 Å². The molecule has 0 radical (unpaired) electrons. The molecule has 0 saturated carbocycles. The Morgan fingerprint density at radius 2 is 2.19 bits per heavy atom. The molecule has 0 spiro atoms. The van der Waals surface area contributed by atoms with Gasteiger partial charge in [0.25, 0.3) is 0 Å². The molecule has 0 bridgehead atoms. The highest BCUT2D eigenvalue weighted by Crippen LogP contribution is 2.36. The van der Waals surface area contributed by atoms with E-state index in [4.69, 9.17) is 0 Å². The zero-order valence-corrected chi connectivity index (χ0v) is 11.0. The second-order valence-corrected chi connectivity index (χ2v) is 5.85. The van der Waals surface area contributed by atoms with E-state index in [1.54, 1.807) is 11.3 Å². The van der Waals surface area contributed by atoms with Gasteiger partial charge in [0.1, 0.15) is 0 Å². The minimum atomic E-state index is 0.301. The Hall–Kier alpha value is -0.380. The summed E-state index contributed by atoms with van der Waals surface area (Å²) in [6, 6.07) is 2.16. The maximum atomic E-state index is 9.63. The van der Waals surface area contributed by atoms with Crippen LogP contribution in [0, 0.1) is 12.8 Å². The number of nitrogens with zero attached hydrogens (tertiary/aromatic N) is 1. The summed E-state index contributed by atoms with van der Waals surface area (Å²) >= 11 is 1.80. The van der Waals surface area contributed by atoms with E-state index in [2.05, 4.69) is 30.3 Å². The number of piperidine rings is 1. The van der Waals surface area contributed by atoms with Crippen LogP contribution in [0.2, 0.25) is 0 Å². The summed E-state index contributed by atoms with van der Waals surface area (Å²) in [5.74, 6) is 1.03. The number of hydrogen-bond donors (Lipinski definition) is 1. The Morgan fingerprint density at radius 3 is 2.69 bits per heavy atom. The average molecular weight is 239 g/mol. The third kappa shape index (κ3) is 2.47. The van der Waals surface area contributed by atoms with Crippen molar-refractivity contribution >= 4 is 11.3 Å². The number of rotatable bonds is 3. The normalized spacial score (nSPS) is 21.2. The van der Waals surface area contributed by atoms with Gasteiger partial charge in [-0.1, -0.05) is 0 Å². The number of aliphatic hydroxyl groups is 1. The maximum absolute atomic E-state index is 9.63. The first-order valence-electron chi connectivity index (χ1n) is 6.05. The lowest BCUT2D eigenvalue weighted by atomic mass is 9.83. The van der Waals surface area contributed by atoms with Crippen molar-refractivity contribution in [3.63, 3.8) is 0 Å². The second kappa shape index (κ2) is 5.30. The number of aryl methyl sites for hydroxylation is 1. The zero-order chi connectivity index (χ0) is 11.5. The molecule has 1 fully saturated rings. The average Bonchev–Trinajstić information content (AvgIpc) is 2.69. The van der Waals surface area contributed by atoms with E-state index in [0.29, 0.717) is 18.4 Å². The van der Waals surface area contributed by atoms with E-state index in [9.17, 15) is 5.11 Å². The van der Waals surface area contributed by atoms with Crippen LogP contribution in [0.3, 0.4) is 0 Å². The van der Waals surface area contributed by atoms with E-state index in [1.807, 2.05) is 0 Å². The predicted molar refractivity (Wildman–Crippen MR) is 69.1 cm³/mol. The standard InChI is InChI=1S/C13H21NOS/c1-10-5-8-16-13(10)12(9-15)11-3-6-14(2)7-4-11/h5,8,11-12,15H,3-4,6-7,9H2,1-2H3. The molecule has 1 saturated heterocycles. The Balaban J connectivity index is 2.08. The highest BCUT2D eigenvalue weighted by Gasteiger charge is 2.27. The largest absolute Gasteiger partial charge is 0.396 e. The number of likely N-dealkylation sites (tertiary alicyclic amines) is 1. The molecule has 1 aliphatic rings. The van der Waals surface area contributed by atoms with Gasteiger partial charge in [-0.2, -0.15) is 0 Å². The minimum absolute atomic E-state index is 0.301. The Bertz CT molecular complexity index is 328. The fourth-order valence-corrected chi connectivity index (χ4v) is 3.76. The topological polar surface area (TPSA) is 23.5 Å². The number of aliphatic hydroxyl groups excluding tert-OH is 1. The van der Waals surface area contributed by atoms with Crippen molar-refractivity contribution in [3.05, 3.63) is 21.9 Å². The second-order valence-electron chi connectivity index (χ2n) is 4.90. The highest BCUT2D eigenvalue weighted by atomic mass is 32.1. The molecule has 0 aromatic carbocycles. The van der Waals surface area contributed by atoms with Gasteiger partial charge in [-0.3, -0.25) is 0 Å². The molecular formula is C13H21NOS. The summed E-state index contributed by atoms with van der Waals surface area (Å²) in [4.78, 5) is 3.78. The zero-order valence-electron chi connectivity index (χ0n) is 10.1. The molecule has 2 nitrogen and oxygen atoms in total. The molecule has 2 rings (SSSR count). The maximum Gasteiger partial charge on any atom is 0.0510 e. The van der Waals surface area contributed by atoms with Crippen molar-refractivity contribution in [1.82, 2.24) is 4.90 Å². The molecule has 90 valence electrons. The van der Waals surface area contributed by atoms with Crippen LogP contribution in [0.25, 0.3) is 0 Å². The SMILES string of the molecule is Cc1ccsc1C(CO)C1CCN(C)CC1. The van der Waals surface area contributed by atoms with Gasteiger partial charge in [-0.15, -0.1) is 11.3 Å². The van der Waals surface area contributed by atoms with Gasteiger partial charge in [-0.25, -0.2) is 0 Å². The van der Waals surface area contributed by atoms with Crippen molar-refractivity contribution in [2.45, 2.75) is 25.7 Å². The molecular weight excluding hydrogens is 218 g/mol. The van der Waals surface area contributed by atoms with Crippen LogP contribution in [0.1, 0.15) is 29.2 Å². The van der Waals surface area contributed by atoms with Gasteiger partial charge < -0.3 is 10.0 Å². The third-order valence-corrected chi connectivity index (χ3v) is 4.92. The van der Waals surface area contributed by atoms with Crippen LogP contribution < -0.4 is 0 Å². The van der Waals surface area contributed by atoms with Crippen LogP contribution in [-0.4, -0.2) is 36.8 Å². The molecule has 0 aliphatic carbocycles. The molecule has 2 heterocycles. The van der Waals surface area contributed by atoms with Gasteiger partial charge in [0, 0.05) is 10.8 Å². The van der Waals surface area contributed by atoms with Gasteiger partial charge in [0.05, 0.1) is 6.61 Å². The first-order chi connectivity index (χ1) is 7.72. The lowest BCUT2D eigenvalue weighted by molar-refractivity contribution is 0.158.